The first-order valence-corrected chi connectivity index (χ1v) is 9.60. The molecule has 1 aliphatic carbocycles. The van der Waals surface area contributed by atoms with Crippen molar-refractivity contribution in [2.24, 2.45) is 0 Å². The second kappa shape index (κ2) is 7.78. The number of benzene rings is 1. The third kappa shape index (κ3) is 4.13. The van der Waals surface area contributed by atoms with Crippen LogP contribution in [-0.2, 0) is 30.2 Å². The van der Waals surface area contributed by atoms with Crippen LogP contribution < -0.4 is 5.32 Å². The van der Waals surface area contributed by atoms with E-state index in [9.17, 15) is 9.59 Å². The number of amides is 1. The van der Waals surface area contributed by atoms with E-state index in [1.165, 1.54) is 7.11 Å². The molecule has 1 aliphatic heterocycles. The summed E-state index contributed by atoms with van der Waals surface area (Å²) in [6, 6.07) is 3.68. The quantitative estimate of drug-likeness (QED) is 0.793. The van der Waals surface area contributed by atoms with Crippen molar-refractivity contribution in [2.45, 2.75) is 57.3 Å². The van der Waals surface area contributed by atoms with Crippen molar-refractivity contribution in [3.63, 3.8) is 0 Å². The van der Waals surface area contributed by atoms with Crippen LogP contribution in [0, 0.1) is 13.8 Å². The zero-order valence-electron chi connectivity index (χ0n) is 16.0. The number of ether oxygens (including phenoxy) is 3. The molecule has 1 N–H and O–H groups in total. The van der Waals surface area contributed by atoms with Crippen LogP contribution in [0.1, 0.15) is 42.4 Å². The molecule has 2 aliphatic rings. The summed E-state index contributed by atoms with van der Waals surface area (Å²) in [5, 5.41) is 3.60. The van der Waals surface area contributed by atoms with E-state index in [1.54, 1.807) is 0 Å². The molecule has 0 bridgehead atoms. The fourth-order valence-corrected chi connectivity index (χ4v) is 4.44. The zero-order valence-corrected chi connectivity index (χ0v) is 16.8. The Bertz CT molecular complexity index is 709. The molecule has 27 heavy (non-hydrogen) atoms. The van der Waals surface area contributed by atoms with Crippen molar-refractivity contribution in [1.82, 2.24) is 5.32 Å². The Hall–Kier alpha value is -1.63. The standard InChI is InChI=1S/C20H26ClNO5/c1-13-10-15(21)11-14(2)16(13)12-17(23)22-19(18(24)25-3)4-6-20(7-5-19)26-8-9-27-20/h10-11H,4-9,12H2,1-3H3,(H,22,23). The summed E-state index contributed by atoms with van der Waals surface area (Å²) >= 11 is 6.07. The number of rotatable bonds is 4. The third-order valence-electron chi connectivity index (χ3n) is 5.63. The van der Waals surface area contributed by atoms with Crippen LogP contribution in [0.5, 0.6) is 0 Å². The maximum absolute atomic E-state index is 12.8. The summed E-state index contributed by atoms with van der Waals surface area (Å²) in [4.78, 5) is 25.3. The Balaban J connectivity index is 1.74. The molecule has 3 rings (SSSR count). The molecule has 1 amide bonds. The smallest absolute Gasteiger partial charge is 0.331 e. The van der Waals surface area contributed by atoms with E-state index in [0.717, 1.165) is 16.7 Å². The minimum atomic E-state index is -1.04. The average Bonchev–Trinajstić information content (AvgIpc) is 3.08. The summed E-state index contributed by atoms with van der Waals surface area (Å²) in [6.45, 7) is 4.98. The van der Waals surface area contributed by atoms with Crippen molar-refractivity contribution in [2.75, 3.05) is 20.3 Å². The molecule has 1 saturated heterocycles. The van der Waals surface area contributed by atoms with Crippen LogP contribution >= 0.6 is 11.6 Å². The number of nitrogens with one attached hydrogen (secondary N) is 1. The molecular weight excluding hydrogens is 370 g/mol. The number of hydrogen-bond donors (Lipinski definition) is 1. The molecule has 0 atom stereocenters. The Morgan fingerprint density at radius 1 is 1.11 bits per heavy atom. The lowest BCUT2D eigenvalue weighted by molar-refractivity contribution is -0.192. The van der Waals surface area contributed by atoms with Crippen molar-refractivity contribution in [3.8, 4) is 0 Å². The highest BCUT2D eigenvalue weighted by Gasteiger charge is 2.51. The van der Waals surface area contributed by atoms with Gasteiger partial charge in [0, 0.05) is 17.9 Å². The molecule has 7 heteroatoms. The van der Waals surface area contributed by atoms with Crippen LogP contribution in [0.25, 0.3) is 0 Å². The topological polar surface area (TPSA) is 73.9 Å². The lowest BCUT2D eigenvalue weighted by atomic mass is 9.78. The van der Waals surface area contributed by atoms with Crippen molar-refractivity contribution >= 4 is 23.5 Å². The van der Waals surface area contributed by atoms with Gasteiger partial charge in [0.1, 0.15) is 5.54 Å². The highest BCUT2D eigenvalue weighted by Crippen LogP contribution is 2.41. The van der Waals surface area contributed by atoms with Gasteiger partial charge in [-0.25, -0.2) is 4.79 Å². The predicted octanol–water partition coefficient (Wildman–Crippen LogP) is 2.84. The first-order chi connectivity index (χ1) is 12.8. The van der Waals surface area contributed by atoms with E-state index in [2.05, 4.69) is 5.32 Å². The van der Waals surface area contributed by atoms with Gasteiger partial charge in [0.2, 0.25) is 5.91 Å². The average molecular weight is 396 g/mol. The van der Waals surface area contributed by atoms with E-state index in [0.29, 0.717) is 43.9 Å². The normalized spacial score (nSPS) is 20.4. The Morgan fingerprint density at radius 2 is 1.67 bits per heavy atom. The molecule has 148 valence electrons. The van der Waals surface area contributed by atoms with E-state index in [-0.39, 0.29) is 12.3 Å². The molecule has 0 unspecified atom stereocenters. The largest absolute Gasteiger partial charge is 0.467 e. The SMILES string of the molecule is COC(=O)C1(NC(=O)Cc2c(C)cc(Cl)cc2C)CCC2(CC1)OCCO2. The van der Waals surface area contributed by atoms with Crippen molar-refractivity contribution in [1.29, 1.82) is 0 Å². The van der Waals surface area contributed by atoms with Crippen molar-refractivity contribution < 1.29 is 23.8 Å². The van der Waals surface area contributed by atoms with E-state index in [4.69, 9.17) is 25.8 Å². The minimum Gasteiger partial charge on any atom is -0.467 e. The fraction of sp³-hybridized carbons (Fsp3) is 0.600. The van der Waals surface area contributed by atoms with Crippen LogP contribution in [0.15, 0.2) is 12.1 Å². The molecule has 1 aromatic rings. The van der Waals surface area contributed by atoms with Crippen LogP contribution in [-0.4, -0.2) is 43.5 Å². The number of carbonyl (C=O) groups is 2. The zero-order chi connectivity index (χ0) is 19.7. The Morgan fingerprint density at radius 3 is 2.19 bits per heavy atom. The van der Waals surface area contributed by atoms with E-state index >= 15 is 0 Å². The minimum absolute atomic E-state index is 0.186. The summed E-state index contributed by atoms with van der Waals surface area (Å²) in [5.41, 5.74) is 1.79. The Labute approximate surface area is 164 Å². The lowest BCUT2D eigenvalue weighted by Crippen LogP contribution is -2.59. The second-order valence-corrected chi connectivity index (χ2v) is 7.86. The van der Waals surface area contributed by atoms with Gasteiger partial charge in [-0.3, -0.25) is 4.79 Å². The number of carbonyl (C=O) groups excluding carboxylic acids is 2. The van der Waals surface area contributed by atoms with E-state index in [1.807, 2.05) is 26.0 Å². The summed E-state index contributed by atoms with van der Waals surface area (Å²) in [6.07, 6.45) is 2.11. The predicted molar refractivity (Wildman–Crippen MR) is 101 cm³/mol. The van der Waals surface area contributed by atoms with Gasteiger partial charge >= 0.3 is 5.97 Å². The second-order valence-electron chi connectivity index (χ2n) is 7.42. The maximum Gasteiger partial charge on any atom is 0.331 e. The van der Waals surface area contributed by atoms with Gasteiger partial charge in [0.25, 0.3) is 0 Å². The fourth-order valence-electron chi connectivity index (χ4n) is 4.11. The molecule has 0 aromatic heterocycles. The highest BCUT2D eigenvalue weighted by molar-refractivity contribution is 6.30. The van der Waals surface area contributed by atoms with Gasteiger partial charge in [-0.1, -0.05) is 11.6 Å². The molecule has 6 nitrogen and oxygen atoms in total. The highest BCUT2D eigenvalue weighted by atomic mass is 35.5. The third-order valence-corrected chi connectivity index (χ3v) is 5.85. The summed E-state index contributed by atoms with van der Waals surface area (Å²) in [5.74, 6) is -1.25. The molecule has 1 heterocycles. The maximum atomic E-state index is 12.8. The Kier molecular flexibility index (Phi) is 5.79. The molecular formula is C20H26ClNO5. The number of aryl methyl sites for hydroxylation is 2. The number of methoxy groups -OCH3 is 1. The first-order valence-electron chi connectivity index (χ1n) is 9.22. The lowest BCUT2D eigenvalue weighted by Gasteiger charge is -2.42. The van der Waals surface area contributed by atoms with Crippen LogP contribution in [0.3, 0.4) is 0 Å². The number of halogens is 1. The number of esters is 1. The van der Waals surface area contributed by atoms with Gasteiger partial charge in [-0.15, -0.1) is 0 Å². The summed E-state index contributed by atoms with van der Waals surface area (Å²) < 4.78 is 16.5. The summed E-state index contributed by atoms with van der Waals surface area (Å²) in [7, 11) is 1.34. The van der Waals surface area contributed by atoms with Crippen molar-refractivity contribution in [3.05, 3.63) is 33.8 Å². The van der Waals surface area contributed by atoms with Gasteiger partial charge in [0.15, 0.2) is 5.79 Å². The van der Waals surface area contributed by atoms with Gasteiger partial charge in [-0.2, -0.15) is 0 Å². The molecule has 1 spiro atoms. The molecule has 0 radical (unpaired) electrons. The van der Waals surface area contributed by atoms with Gasteiger partial charge < -0.3 is 19.5 Å². The van der Waals surface area contributed by atoms with Gasteiger partial charge in [0.05, 0.1) is 26.7 Å². The molecule has 2 fully saturated rings. The van der Waals surface area contributed by atoms with Crippen LogP contribution in [0.2, 0.25) is 5.02 Å². The first kappa shape index (κ1) is 20.1. The number of hydrogen-bond acceptors (Lipinski definition) is 5. The molecule has 1 aromatic carbocycles. The van der Waals surface area contributed by atoms with Crippen LogP contribution in [0.4, 0.5) is 0 Å². The van der Waals surface area contributed by atoms with Gasteiger partial charge in [-0.05, 0) is 55.5 Å². The monoisotopic (exact) mass is 395 g/mol. The molecule has 1 saturated carbocycles. The van der Waals surface area contributed by atoms with E-state index < -0.39 is 17.3 Å².